The second-order valence-corrected chi connectivity index (χ2v) is 10.5. The van der Waals surface area contributed by atoms with Gasteiger partial charge in [-0.2, -0.15) is 36.9 Å². The number of hydrogen-bond acceptors (Lipinski definition) is 6. The monoisotopic (exact) mass is 695 g/mol. The molecule has 0 bridgehead atoms. The molecule has 0 radical (unpaired) electrons. The summed E-state index contributed by atoms with van der Waals surface area (Å²) < 4.78 is 65.5. The molecule has 0 spiro atoms. The molecule has 15 heteroatoms. The number of hydrogen-bond donors (Lipinski definition) is 3. The van der Waals surface area contributed by atoms with Crippen LogP contribution < -0.4 is 5.32 Å². The van der Waals surface area contributed by atoms with Crippen LogP contribution in [0.1, 0.15) is 34.0 Å². The van der Waals surface area contributed by atoms with Crippen molar-refractivity contribution >= 4 is 22.7 Å². The lowest BCUT2D eigenvalue weighted by Gasteiger charge is -2.20. The number of imidazole rings is 1. The Morgan fingerprint density at radius 2 is 1.40 bits per heavy atom. The zero-order chi connectivity index (χ0) is 37.1. The number of carbonyl (C=O) groups is 2. The first kappa shape index (κ1) is 38.3. The molecule has 0 amide bonds. The molecule has 258 valence electrons. The van der Waals surface area contributed by atoms with Gasteiger partial charge < -0.3 is 20.1 Å². The summed E-state index contributed by atoms with van der Waals surface area (Å²) in [7, 11) is 2.00. The number of halogens is 6. The smallest absolute Gasteiger partial charge is 0.475 e. The molecule has 1 atom stereocenters. The van der Waals surface area contributed by atoms with Gasteiger partial charge in [0.2, 0.25) is 0 Å². The number of fused-ring (bicyclic) bond motifs is 1. The van der Waals surface area contributed by atoms with Crippen LogP contribution in [0.25, 0.3) is 21.9 Å². The SMILES string of the molecule is Cn1cncc1C(Cc1ccc(C#N)cc1)NCc1ccc(C#N)c(-c2cccc3ccccc23)c1.O=C(O)C(F)(F)F.O=C(O)C(F)(F)F. The summed E-state index contributed by atoms with van der Waals surface area (Å²) >= 11 is 0. The van der Waals surface area contributed by atoms with Gasteiger partial charge in [-0.1, -0.05) is 60.7 Å². The molecule has 50 heavy (non-hydrogen) atoms. The average Bonchev–Trinajstić information content (AvgIpc) is 3.51. The van der Waals surface area contributed by atoms with Gasteiger partial charge in [-0.05, 0) is 58.1 Å². The van der Waals surface area contributed by atoms with Gasteiger partial charge in [-0.15, -0.1) is 0 Å². The van der Waals surface area contributed by atoms with Crippen molar-refractivity contribution in [3.63, 3.8) is 0 Å². The maximum Gasteiger partial charge on any atom is 0.490 e. The number of alkyl halides is 6. The number of rotatable bonds is 7. The highest BCUT2D eigenvalue weighted by atomic mass is 19.4. The molecule has 5 aromatic rings. The van der Waals surface area contributed by atoms with Crippen molar-refractivity contribution in [2.75, 3.05) is 0 Å². The van der Waals surface area contributed by atoms with E-state index in [0.29, 0.717) is 17.7 Å². The third-order valence-electron chi connectivity index (χ3n) is 7.06. The first-order valence-electron chi connectivity index (χ1n) is 14.3. The summed E-state index contributed by atoms with van der Waals surface area (Å²) in [5.41, 5.74) is 6.65. The third-order valence-corrected chi connectivity index (χ3v) is 7.06. The molecular weight excluding hydrogens is 668 g/mol. The van der Waals surface area contributed by atoms with E-state index in [1.807, 2.05) is 78.7 Å². The van der Waals surface area contributed by atoms with Gasteiger partial charge >= 0.3 is 24.3 Å². The van der Waals surface area contributed by atoms with E-state index < -0.39 is 24.3 Å². The normalized spacial score (nSPS) is 11.5. The minimum absolute atomic E-state index is 0.0297. The predicted octanol–water partition coefficient (Wildman–Crippen LogP) is 7.32. The van der Waals surface area contributed by atoms with Crippen molar-refractivity contribution in [3.05, 3.63) is 125 Å². The minimum Gasteiger partial charge on any atom is -0.475 e. The summed E-state index contributed by atoms with van der Waals surface area (Å²) in [5, 5.41) is 39.2. The molecule has 1 unspecified atom stereocenters. The molecule has 0 saturated carbocycles. The van der Waals surface area contributed by atoms with Gasteiger partial charge in [0, 0.05) is 25.4 Å². The number of carboxylic acid groups (broad SMARTS) is 2. The third kappa shape index (κ3) is 10.7. The summed E-state index contributed by atoms with van der Waals surface area (Å²) in [6.45, 7) is 0.635. The van der Waals surface area contributed by atoms with Crippen molar-refractivity contribution < 1.29 is 46.1 Å². The van der Waals surface area contributed by atoms with E-state index in [1.54, 1.807) is 0 Å². The molecular formula is C35H27F6N5O4. The molecule has 1 aromatic heterocycles. The van der Waals surface area contributed by atoms with Gasteiger partial charge in [0.1, 0.15) is 0 Å². The van der Waals surface area contributed by atoms with E-state index >= 15 is 0 Å². The minimum atomic E-state index is -5.08. The van der Waals surface area contributed by atoms with Gasteiger partial charge in [0.15, 0.2) is 0 Å². The lowest BCUT2D eigenvalue weighted by molar-refractivity contribution is -0.193. The van der Waals surface area contributed by atoms with Crippen LogP contribution in [0.5, 0.6) is 0 Å². The lowest BCUT2D eigenvalue weighted by Crippen LogP contribution is -2.25. The zero-order valence-corrected chi connectivity index (χ0v) is 26.0. The zero-order valence-electron chi connectivity index (χ0n) is 26.0. The molecule has 9 nitrogen and oxygen atoms in total. The molecule has 5 rings (SSSR count). The lowest BCUT2D eigenvalue weighted by atomic mass is 9.93. The summed E-state index contributed by atoms with van der Waals surface area (Å²) in [5.74, 6) is -5.51. The maximum atomic E-state index is 10.6. The van der Waals surface area contributed by atoms with E-state index in [2.05, 4.69) is 52.8 Å². The highest BCUT2D eigenvalue weighted by Crippen LogP contribution is 2.32. The number of aromatic nitrogens is 2. The van der Waals surface area contributed by atoms with E-state index in [-0.39, 0.29) is 6.04 Å². The van der Waals surface area contributed by atoms with E-state index in [9.17, 15) is 31.6 Å². The van der Waals surface area contributed by atoms with Crippen LogP contribution in [0, 0.1) is 22.7 Å². The number of benzene rings is 4. The average molecular weight is 696 g/mol. The van der Waals surface area contributed by atoms with Gasteiger partial charge in [-0.3, -0.25) is 0 Å². The van der Waals surface area contributed by atoms with Gasteiger partial charge in [0.05, 0.1) is 41.3 Å². The molecule has 4 aromatic carbocycles. The van der Waals surface area contributed by atoms with E-state index in [4.69, 9.17) is 25.1 Å². The number of aliphatic carboxylic acids is 2. The Morgan fingerprint density at radius 3 is 1.94 bits per heavy atom. The van der Waals surface area contributed by atoms with E-state index in [0.717, 1.165) is 45.1 Å². The molecule has 1 heterocycles. The summed E-state index contributed by atoms with van der Waals surface area (Å²) in [4.78, 5) is 22.1. The highest BCUT2D eigenvalue weighted by Gasteiger charge is 2.38. The van der Waals surface area contributed by atoms with Crippen molar-refractivity contribution in [1.29, 1.82) is 10.5 Å². The van der Waals surface area contributed by atoms with Crippen LogP contribution in [0.4, 0.5) is 26.3 Å². The highest BCUT2D eigenvalue weighted by molar-refractivity contribution is 5.97. The number of nitrogens with zero attached hydrogens (tertiary/aromatic N) is 4. The summed E-state index contributed by atoms with van der Waals surface area (Å²) in [6.07, 6.45) is -5.71. The van der Waals surface area contributed by atoms with Gasteiger partial charge in [-0.25, -0.2) is 14.6 Å². The fourth-order valence-electron chi connectivity index (χ4n) is 4.66. The summed E-state index contributed by atoms with van der Waals surface area (Å²) in [6, 6.07) is 32.8. The first-order valence-corrected chi connectivity index (χ1v) is 14.3. The Morgan fingerprint density at radius 1 is 0.820 bits per heavy atom. The quantitative estimate of drug-likeness (QED) is 0.150. The van der Waals surface area contributed by atoms with Gasteiger partial charge in [0.25, 0.3) is 0 Å². The second kappa shape index (κ2) is 16.8. The maximum absolute atomic E-state index is 10.6. The Bertz CT molecular complexity index is 2000. The van der Waals surface area contributed by atoms with E-state index in [1.165, 1.54) is 0 Å². The fraction of sp³-hybridized carbons (Fsp3) is 0.171. The number of nitrogens with one attached hydrogen (secondary N) is 1. The van der Waals surface area contributed by atoms with Crippen LogP contribution in [0.15, 0.2) is 97.5 Å². The fourth-order valence-corrected chi connectivity index (χ4v) is 4.66. The van der Waals surface area contributed by atoms with Crippen LogP contribution >= 0.6 is 0 Å². The number of aryl methyl sites for hydroxylation is 1. The molecule has 0 aliphatic rings. The molecule has 0 saturated heterocycles. The first-order chi connectivity index (χ1) is 23.5. The Hall–Kier alpha value is -6.19. The van der Waals surface area contributed by atoms with Crippen molar-refractivity contribution in [2.24, 2.45) is 7.05 Å². The molecule has 0 aliphatic carbocycles. The molecule has 0 aliphatic heterocycles. The van der Waals surface area contributed by atoms with Crippen molar-refractivity contribution in [3.8, 4) is 23.3 Å². The van der Waals surface area contributed by atoms with Crippen molar-refractivity contribution in [1.82, 2.24) is 14.9 Å². The largest absolute Gasteiger partial charge is 0.490 e. The molecule has 0 fully saturated rings. The Balaban J connectivity index is 0.000000408. The van der Waals surface area contributed by atoms with Crippen LogP contribution in [0.2, 0.25) is 0 Å². The van der Waals surface area contributed by atoms with Crippen molar-refractivity contribution in [2.45, 2.75) is 31.4 Å². The topological polar surface area (TPSA) is 152 Å². The van der Waals surface area contributed by atoms with Crippen LogP contribution in [0.3, 0.4) is 0 Å². The Labute approximate surface area is 281 Å². The predicted molar refractivity (Wildman–Crippen MR) is 169 cm³/mol. The number of nitriles is 2. The standard InChI is InChI=1S/C31H25N5.2C2HF3O2/c1-36-21-34-20-31(36)30(16-22-9-11-23(17-32)12-10-22)35-19-24-13-14-26(18-33)29(15-24)28-8-4-6-25-5-2-3-7-27(25)28;2*3-2(4,5)1(6)7/h2-15,20-21,30,35H,16,19H2,1H3;2*(H,6,7). The molecule has 3 N–H and O–H groups in total. The van der Waals surface area contributed by atoms with Crippen LogP contribution in [-0.4, -0.2) is 44.1 Å². The Kier molecular flexibility index (Phi) is 12.8. The van der Waals surface area contributed by atoms with Crippen LogP contribution in [-0.2, 0) is 29.6 Å². The number of carboxylic acids is 2. The second-order valence-electron chi connectivity index (χ2n) is 10.5.